The van der Waals surface area contributed by atoms with Gasteiger partial charge in [-0.1, -0.05) is 28.4 Å². The molecule has 0 aliphatic heterocycles. The van der Waals surface area contributed by atoms with Gasteiger partial charge in [0.05, 0.1) is 21.7 Å². The first kappa shape index (κ1) is 22.7. The molecule has 0 saturated carbocycles. The summed E-state index contributed by atoms with van der Waals surface area (Å²) in [6.07, 6.45) is -9.78. The summed E-state index contributed by atoms with van der Waals surface area (Å²) in [6, 6.07) is 5.28. The largest absolute Gasteiger partial charge is 0.487 e. The molecular weight excluding hydrogens is 473 g/mol. The second-order valence-electron chi connectivity index (χ2n) is 6.07. The molecule has 31 heavy (non-hydrogen) atoms. The number of benzene rings is 2. The van der Waals surface area contributed by atoms with Gasteiger partial charge in [0.2, 0.25) is 0 Å². The Morgan fingerprint density at radius 3 is 2.35 bits per heavy atom. The average Bonchev–Trinajstić information content (AvgIpc) is 3.13. The molecule has 3 aromatic rings. The lowest BCUT2D eigenvalue weighted by Crippen LogP contribution is -2.14. The van der Waals surface area contributed by atoms with Crippen LogP contribution in [0.2, 0.25) is 10.0 Å². The molecule has 0 bridgehead atoms. The number of rotatable bonds is 4. The van der Waals surface area contributed by atoms with Gasteiger partial charge < -0.3 is 4.74 Å². The predicted molar refractivity (Wildman–Crippen MR) is 97.3 cm³/mol. The van der Waals surface area contributed by atoms with Crippen molar-refractivity contribution in [2.24, 2.45) is 0 Å². The van der Waals surface area contributed by atoms with E-state index in [0.29, 0.717) is 18.2 Å². The van der Waals surface area contributed by atoms with E-state index in [4.69, 9.17) is 33.2 Å². The number of aromatic amines is 1. The summed E-state index contributed by atoms with van der Waals surface area (Å²) in [5.74, 6) is -0.234. The first-order valence-corrected chi connectivity index (χ1v) is 8.88. The van der Waals surface area contributed by atoms with Crippen molar-refractivity contribution in [3.05, 3.63) is 62.8 Å². The van der Waals surface area contributed by atoms with Crippen molar-refractivity contribution in [1.29, 1.82) is 5.26 Å². The van der Waals surface area contributed by atoms with Crippen molar-refractivity contribution in [1.82, 2.24) is 15.4 Å². The second kappa shape index (κ2) is 8.28. The van der Waals surface area contributed by atoms with Crippen molar-refractivity contribution in [2.45, 2.75) is 19.0 Å². The fourth-order valence-corrected chi connectivity index (χ4v) is 3.24. The van der Waals surface area contributed by atoms with Crippen LogP contribution in [0.1, 0.15) is 22.4 Å². The lowest BCUT2D eigenvalue weighted by Gasteiger charge is -2.18. The number of H-pyrrole nitrogens is 1. The normalized spacial score (nSPS) is 12.0. The molecule has 162 valence electrons. The van der Waals surface area contributed by atoms with Gasteiger partial charge >= 0.3 is 12.4 Å². The van der Waals surface area contributed by atoms with Crippen LogP contribution in [0.15, 0.2) is 30.3 Å². The van der Waals surface area contributed by atoms with Crippen LogP contribution in [0.3, 0.4) is 0 Å². The first-order valence-electron chi connectivity index (χ1n) is 8.12. The molecule has 0 saturated heterocycles. The van der Waals surface area contributed by atoms with E-state index >= 15 is 0 Å². The Morgan fingerprint density at radius 2 is 1.74 bits per heavy atom. The molecule has 0 radical (unpaired) electrons. The highest BCUT2D eigenvalue weighted by Gasteiger charge is 2.37. The van der Waals surface area contributed by atoms with E-state index in [-0.39, 0.29) is 32.7 Å². The summed E-state index contributed by atoms with van der Waals surface area (Å²) in [7, 11) is 0. The van der Waals surface area contributed by atoms with Gasteiger partial charge in [0.1, 0.15) is 24.1 Å². The van der Waals surface area contributed by atoms with Crippen molar-refractivity contribution in [3.63, 3.8) is 0 Å². The lowest BCUT2D eigenvalue weighted by atomic mass is 10.0. The zero-order valence-electron chi connectivity index (χ0n) is 14.9. The maximum absolute atomic E-state index is 13.3. The number of nitriles is 1. The lowest BCUT2D eigenvalue weighted by molar-refractivity contribution is -0.142. The Hall–Kier alpha value is -2.97. The number of halogens is 8. The minimum atomic E-state index is -4.92. The fraction of sp³-hybridized carbons (Fsp3) is 0.167. The number of alkyl halides is 6. The van der Waals surface area contributed by atoms with Crippen LogP contribution in [-0.4, -0.2) is 15.4 Å². The highest BCUT2D eigenvalue weighted by molar-refractivity contribution is 6.36. The predicted octanol–water partition coefficient (Wildman–Crippen LogP) is 6.27. The Balaban J connectivity index is 2.07. The maximum Gasteiger partial charge on any atom is 0.416 e. The Kier molecular flexibility index (Phi) is 6.07. The monoisotopic (exact) mass is 480 g/mol. The summed E-state index contributed by atoms with van der Waals surface area (Å²) in [5.41, 5.74) is -3.49. The van der Waals surface area contributed by atoms with Gasteiger partial charge in [0, 0.05) is 10.6 Å². The second-order valence-corrected chi connectivity index (χ2v) is 6.91. The van der Waals surface area contributed by atoms with Crippen LogP contribution < -0.4 is 4.74 Å². The van der Waals surface area contributed by atoms with Gasteiger partial charge in [-0.25, -0.2) is 5.10 Å². The highest BCUT2D eigenvalue weighted by Crippen LogP contribution is 2.41. The Bertz CT molecular complexity index is 1170. The van der Waals surface area contributed by atoms with Crippen molar-refractivity contribution in [2.75, 3.05) is 0 Å². The molecule has 13 heteroatoms. The number of aromatic nitrogens is 3. The molecule has 1 N–H and O–H groups in total. The zero-order chi connectivity index (χ0) is 23.0. The van der Waals surface area contributed by atoms with Crippen LogP contribution in [0.5, 0.6) is 5.75 Å². The third-order valence-electron chi connectivity index (χ3n) is 4.03. The minimum absolute atomic E-state index is 0.0170. The van der Waals surface area contributed by atoms with Gasteiger partial charge in [-0.3, -0.25) is 0 Å². The molecule has 5 nitrogen and oxygen atoms in total. The molecule has 1 heterocycles. The van der Waals surface area contributed by atoms with Crippen LogP contribution in [0, 0.1) is 11.3 Å². The van der Waals surface area contributed by atoms with Gasteiger partial charge in [-0.2, -0.15) is 31.6 Å². The van der Waals surface area contributed by atoms with Gasteiger partial charge in [-0.15, -0.1) is 5.10 Å². The topological polar surface area (TPSA) is 74.6 Å². The van der Waals surface area contributed by atoms with Crippen molar-refractivity contribution < 1.29 is 31.1 Å². The molecular formula is C18H8Cl2F6N4O. The number of nitrogens with one attached hydrogen (secondary N) is 1. The Labute approximate surface area is 180 Å². The third-order valence-corrected chi connectivity index (χ3v) is 4.53. The quantitative estimate of drug-likeness (QED) is 0.446. The summed E-state index contributed by atoms with van der Waals surface area (Å²) >= 11 is 12.0. The molecule has 0 spiro atoms. The zero-order valence-corrected chi connectivity index (χ0v) is 16.4. The molecule has 3 rings (SSSR count). The average molecular weight is 481 g/mol. The van der Waals surface area contributed by atoms with E-state index < -0.39 is 35.6 Å². The van der Waals surface area contributed by atoms with E-state index in [1.165, 1.54) is 12.1 Å². The summed E-state index contributed by atoms with van der Waals surface area (Å²) in [4.78, 5) is 0. The molecule has 0 amide bonds. The Morgan fingerprint density at radius 1 is 1.03 bits per heavy atom. The van der Waals surface area contributed by atoms with Crippen LogP contribution in [0.25, 0.3) is 11.3 Å². The van der Waals surface area contributed by atoms with E-state index in [2.05, 4.69) is 15.4 Å². The number of ether oxygens (including phenoxy) is 1. The van der Waals surface area contributed by atoms with Crippen molar-refractivity contribution >= 4 is 23.2 Å². The number of hydrogen-bond acceptors (Lipinski definition) is 4. The van der Waals surface area contributed by atoms with E-state index in [1.54, 1.807) is 6.07 Å². The maximum atomic E-state index is 13.3. The third kappa shape index (κ3) is 4.86. The van der Waals surface area contributed by atoms with E-state index in [0.717, 1.165) is 0 Å². The van der Waals surface area contributed by atoms with Gasteiger partial charge in [0.15, 0.2) is 5.69 Å². The SMILES string of the molecule is N#Cc1[nH]nnc1-c1cc(Cl)cc(Cl)c1OCc1cc(C(F)(F)F)ccc1C(F)(F)F. The minimum Gasteiger partial charge on any atom is -0.487 e. The standard InChI is InChI=1S/C18H8Cl2F6N4O/c19-10-4-11(15-14(6-27)28-30-29-15)16(13(20)5-10)31-7-8-3-9(17(21,22)23)1-2-12(8)18(24,25)26/h1-5H,7H2,(H,28,29,30). The summed E-state index contributed by atoms with van der Waals surface area (Å²) < 4.78 is 84.3. The van der Waals surface area contributed by atoms with E-state index in [9.17, 15) is 26.3 Å². The number of hydrogen-bond donors (Lipinski definition) is 1. The molecule has 0 atom stereocenters. The first-order chi connectivity index (χ1) is 14.4. The van der Waals surface area contributed by atoms with Crippen LogP contribution in [0.4, 0.5) is 26.3 Å². The molecule has 0 aliphatic carbocycles. The molecule has 1 aromatic heterocycles. The fourth-order valence-electron chi connectivity index (χ4n) is 2.69. The number of nitrogens with zero attached hydrogens (tertiary/aromatic N) is 3. The highest BCUT2D eigenvalue weighted by atomic mass is 35.5. The molecule has 0 unspecified atom stereocenters. The smallest absolute Gasteiger partial charge is 0.416 e. The molecule has 0 fully saturated rings. The molecule has 0 aliphatic rings. The van der Waals surface area contributed by atoms with Gasteiger partial charge in [0.25, 0.3) is 0 Å². The van der Waals surface area contributed by atoms with Crippen LogP contribution >= 0.6 is 23.2 Å². The molecule has 2 aromatic carbocycles. The van der Waals surface area contributed by atoms with Crippen molar-refractivity contribution in [3.8, 4) is 23.1 Å². The van der Waals surface area contributed by atoms with Gasteiger partial charge in [-0.05, 0) is 30.3 Å². The van der Waals surface area contributed by atoms with E-state index in [1.807, 2.05) is 0 Å². The summed E-state index contributed by atoms with van der Waals surface area (Å²) in [5, 5.41) is 18.5. The summed E-state index contributed by atoms with van der Waals surface area (Å²) in [6.45, 7) is -0.910. The van der Waals surface area contributed by atoms with Crippen LogP contribution in [-0.2, 0) is 19.0 Å².